The normalized spacial score (nSPS) is 20.1. The number of halogens is 1. The molecule has 1 saturated heterocycles. The van der Waals surface area contributed by atoms with Gasteiger partial charge in [0.1, 0.15) is 11.3 Å². The van der Waals surface area contributed by atoms with Crippen molar-refractivity contribution in [3.8, 4) is 0 Å². The van der Waals surface area contributed by atoms with Gasteiger partial charge in [-0.1, -0.05) is 18.5 Å². The number of carbonyl (C=O) groups is 1. The summed E-state index contributed by atoms with van der Waals surface area (Å²) in [7, 11) is 0. The molecule has 1 aromatic rings. The second kappa shape index (κ2) is 4.25. The number of amides is 1. The van der Waals surface area contributed by atoms with E-state index in [1.807, 2.05) is 0 Å². The van der Waals surface area contributed by atoms with Crippen molar-refractivity contribution in [2.45, 2.75) is 13.3 Å². The number of primary amides is 1. The van der Waals surface area contributed by atoms with Crippen molar-refractivity contribution in [1.82, 2.24) is 9.97 Å². The number of hydrogen-bond acceptors (Lipinski definition) is 4. The van der Waals surface area contributed by atoms with Crippen molar-refractivity contribution >= 4 is 23.3 Å². The van der Waals surface area contributed by atoms with Crippen LogP contribution in [0, 0.1) is 5.92 Å². The summed E-state index contributed by atoms with van der Waals surface area (Å²) in [5.74, 6) is 0.596. The highest BCUT2D eigenvalue weighted by Gasteiger charge is 2.24. The average Bonchev–Trinajstić information content (AvgIpc) is 2.64. The molecule has 0 bridgehead atoms. The fraction of sp³-hybridized carbons (Fsp3) is 0.500. The van der Waals surface area contributed by atoms with E-state index in [-0.39, 0.29) is 10.7 Å². The van der Waals surface area contributed by atoms with Gasteiger partial charge in [0.05, 0.1) is 0 Å². The third kappa shape index (κ3) is 1.95. The first-order chi connectivity index (χ1) is 7.59. The average molecular weight is 241 g/mol. The molecule has 0 spiro atoms. The van der Waals surface area contributed by atoms with Gasteiger partial charge in [0.2, 0.25) is 0 Å². The predicted molar refractivity (Wildman–Crippen MR) is 61.6 cm³/mol. The minimum absolute atomic E-state index is 0.0891. The molecule has 0 saturated carbocycles. The minimum Gasteiger partial charge on any atom is -0.364 e. The molecule has 1 aliphatic rings. The maximum absolute atomic E-state index is 11.1. The summed E-state index contributed by atoms with van der Waals surface area (Å²) in [6.07, 6.45) is 2.43. The quantitative estimate of drug-likeness (QED) is 0.840. The largest absolute Gasteiger partial charge is 0.364 e. The number of rotatable bonds is 2. The molecule has 86 valence electrons. The molecule has 6 heteroatoms. The molecule has 1 aromatic heterocycles. The third-order valence-electron chi connectivity index (χ3n) is 2.73. The molecule has 0 aromatic carbocycles. The number of anilines is 1. The summed E-state index contributed by atoms with van der Waals surface area (Å²) in [6.45, 7) is 3.97. The lowest BCUT2D eigenvalue weighted by molar-refractivity contribution is 0.0995. The summed E-state index contributed by atoms with van der Waals surface area (Å²) >= 11 is 6.06. The van der Waals surface area contributed by atoms with Gasteiger partial charge < -0.3 is 10.6 Å². The predicted octanol–water partition coefficient (Wildman–Crippen LogP) is 1.08. The smallest absolute Gasteiger partial charge is 0.269 e. The molecule has 1 atom stereocenters. The van der Waals surface area contributed by atoms with Gasteiger partial charge in [0.25, 0.3) is 5.91 Å². The summed E-state index contributed by atoms with van der Waals surface area (Å²) in [5, 5.41) is 0.254. The Bertz CT molecular complexity index is 423. The first-order valence-electron chi connectivity index (χ1n) is 5.15. The molecular weight excluding hydrogens is 228 g/mol. The Morgan fingerprint density at radius 1 is 1.62 bits per heavy atom. The standard InChI is InChI=1S/C10H13ClN4O/c1-6-2-3-15(4-6)10-7(11)8(9(12)16)13-5-14-10/h5-6H,2-4H2,1H3,(H2,12,16)/t6-/m0/s1. The van der Waals surface area contributed by atoms with Crippen molar-refractivity contribution in [3.05, 3.63) is 17.0 Å². The van der Waals surface area contributed by atoms with Crippen LogP contribution in [0.3, 0.4) is 0 Å². The molecular formula is C10H13ClN4O. The molecule has 1 amide bonds. The Labute approximate surface area is 98.6 Å². The van der Waals surface area contributed by atoms with Gasteiger partial charge in [-0.05, 0) is 12.3 Å². The number of nitrogens with two attached hydrogens (primary N) is 1. The second-order valence-corrected chi connectivity index (χ2v) is 4.44. The molecule has 16 heavy (non-hydrogen) atoms. The van der Waals surface area contributed by atoms with E-state index in [4.69, 9.17) is 17.3 Å². The zero-order valence-corrected chi connectivity index (χ0v) is 9.74. The van der Waals surface area contributed by atoms with E-state index in [0.717, 1.165) is 19.5 Å². The molecule has 1 fully saturated rings. The lowest BCUT2D eigenvalue weighted by Gasteiger charge is -2.18. The maximum Gasteiger partial charge on any atom is 0.269 e. The van der Waals surface area contributed by atoms with E-state index in [9.17, 15) is 4.79 Å². The Balaban J connectivity index is 2.34. The SMILES string of the molecule is C[C@H]1CCN(c2ncnc(C(N)=O)c2Cl)C1. The summed E-state index contributed by atoms with van der Waals surface area (Å²) in [6, 6.07) is 0. The highest BCUT2D eigenvalue weighted by Crippen LogP contribution is 2.29. The third-order valence-corrected chi connectivity index (χ3v) is 3.08. The number of aromatic nitrogens is 2. The van der Waals surface area contributed by atoms with Gasteiger partial charge in [0.15, 0.2) is 11.5 Å². The van der Waals surface area contributed by atoms with Crippen LogP contribution in [0.1, 0.15) is 23.8 Å². The van der Waals surface area contributed by atoms with Gasteiger partial charge >= 0.3 is 0 Å². The highest BCUT2D eigenvalue weighted by molar-refractivity contribution is 6.35. The monoisotopic (exact) mass is 240 g/mol. The van der Waals surface area contributed by atoms with Gasteiger partial charge in [0, 0.05) is 13.1 Å². The molecule has 2 rings (SSSR count). The van der Waals surface area contributed by atoms with E-state index in [2.05, 4.69) is 21.8 Å². The van der Waals surface area contributed by atoms with Crippen molar-refractivity contribution in [3.63, 3.8) is 0 Å². The summed E-state index contributed by atoms with van der Waals surface area (Å²) < 4.78 is 0. The van der Waals surface area contributed by atoms with E-state index in [1.54, 1.807) is 0 Å². The highest BCUT2D eigenvalue weighted by atomic mass is 35.5. The molecule has 0 aliphatic carbocycles. The minimum atomic E-state index is -0.624. The van der Waals surface area contributed by atoms with E-state index >= 15 is 0 Å². The van der Waals surface area contributed by atoms with Gasteiger partial charge in [-0.15, -0.1) is 0 Å². The Kier molecular flexibility index (Phi) is 2.96. The topological polar surface area (TPSA) is 72.1 Å². The second-order valence-electron chi connectivity index (χ2n) is 4.06. The van der Waals surface area contributed by atoms with Crippen LogP contribution >= 0.6 is 11.6 Å². The van der Waals surface area contributed by atoms with Crippen LogP contribution in [0.15, 0.2) is 6.33 Å². The van der Waals surface area contributed by atoms with Crippen LogP contribution in [-0.4, -0.2) is 29.0 Å². The molecule has 1 aliphatic heterocycles. The molecule has 2 N–H and O–H groups in total. The van der Waals surface area contributed by atoms with Crippen molar-refractivity contribution in [2.75, 3.05) is 18.0 Å². The molecule has 0 radical (unpaired) electrons. The lowest BCUT2D eigenvalue weighted by atomic mass is 10.2. The van der Waals surface area contributed by atoms with Gasteiger partial charge in [-0.2, -0.15) is 0 Å². The number of nitrogens with zero attached hydrogens (tertiary/aromatic N) is 3. The van der Waals surface area contributed by atoms with Crippen LogP contribution < -0.4 is 10.6 Å². The van der Waals surface area contributed by atoms with Crippen LogP contribution in [0.25, 0.3) is 0 Å². The Hall–Kier alpha value is -1.36. The Morgan fingerprint density at radius 2 is 2.38 bits per heavy atom. The van der Waals surface area contributed by atoms with Crippen molar-refractivity contribution in [1.29, 1.82) is 0 Å². The van der Waals surface area contributed by atoms with Crippen LogP contribution in [0.2, 0.25) is 5.02 Å². The van der Waals surface area contributed by atoms with E-state index in [1.165, 1.54) is 6.33 Å². The first kappa shape index (κ1) is 11.1. The fourth-order valence-corrected chi connectivity index (χ4v) is 2.19. The fourth-order valence-electron chi connectivity index (χ4n) is 1.88. The Morgan fingerprint density at radius 3 is 2.94 bits per heavy atom. The summed E-state index contributed by atoms with van der Waals surface area (Å²) in [4.78, 5) is 21.0. The van der Waals surface area contributed by atoms with Gasteiger partial charge in [-0.3, -0.25) is 4.79 Å². The van der Waals surface area contributed by atoms with Crippen LogP contribution in [0.5, 0.6) is 0 Å². The molecule has 5 nitrogen and oxygen atoms in total. The van der Waals surface area contributed by atoms with Crippen LogP contribution in [-0.2, 0) is 0 Å². The maximum atomic E-state index is 11.1. The number of hydrogen-bond donors (Lipinski definition) is 1. The van der Waals surface area contributed by atoms with Crippen molar-refractivity contribution < 1.29 is 4.79 Å². The summed E-state index contributed by atoms with van der Waals surface area (Å²) in [5.41, 5.74) is 5.27. The molecule has 2 heterocycles. The molecule has 0 unspecified atom stereocenters. The first-order valence-corrected chi connectivity index (χ1v) is 5.52. The van der Waals surface area contributed by atoms with Crippen molar-refractivity contribution in [2.24, 2.45) is 11.7 Å². The van der Waals surface area contributed by atoms with Gasteiger partial charge in [-0.25, -0.2) is 9.97 Å². The zero-order valence-electron chi connectivity index (χ0n) is 8.98. The lowest BCUT2D eigenvalue weighted by Crippen LogP contribution is -2.23. The van der Waals surface area contributed by atoms with Crippen LogP contribution in [0.4, 0.5) is 5.82 Å². The van der Waals surface area contributed by atoms with E-state index in [0.29, 0.717) is 11.7 Å². The zero-order chi connectivity index (χ0) is 11.7. The van der Waals surface area contributed by atoms with E-state index < -0.39 is 5.91 Å². The number of carbonyl (C=O) groups excluding carboxylic acids is 1.